The van der Waals surface area contributed by atoms with Crippen molar-refractivity contribution in [3.05, 3.63) is 76.5 Å². The van der Waals surface area contributed by atoms with Crippen LogP contribution in [0.2, 0.25) is 0 Å². The van der Waals surface area contributed by atoms with Gasteiger partial charge in [0.05, 0.1) is 32.5 Å². The number of benzene rings is 3. The third-order valence-electron chi connectivity index (χ3n) is 12.9. The van der Waals surface area contributed by atoms with Crippen LogP contribution >= 0.6 is 0 Å². The Kier molecular flexibility index (Phi) is 16.4. The maximum absolute atomic E-state index is 14.7. The Morgan fingerprint density at radius 1 is 0.630 bits per heavy atom. The average molecular weight is 1040 g/mol. The zero-order valence-electron chi connectivity index (χ0n) is 38.9. The molecule has 0 aliphatic carbocycles. The van der Waals surface area contributed by atoms with Gasteiger partial charge in [-0.1, -0.05) is 12.1 Å². The number of methoxy groups -OCH3 is 1. The van der Waals surface area contributed by atoms with Crippen LogP contribution in [0.1, 0.15) is 24.2 Å². The predicted octanol–water partition coefficient (Wildman–Crippen LogP) is -3.19. The lowest BCUT2D eigenvalue weighted by molar-refractivity contribution is -0.362. The highest BCUT2D eigenvalue weighted by Gasteiger charge is 2.53. The highest BCUT2D eigenvalue weighted by molar-refractivity contribution is 5.92. The Bertz CT molecular complexity index is 2590. The van der Waals surface area contributed by atoms with Crippen LogP contribution in [0.4, 0.5) is 0 Å². The number of hydrogen-bond donors (Lipinski definition) is 13. The maximum Gasteiger partial charge on any atom is 0.342 e. The molecular formula is C47H56O26. The summed E-state index contributed by atoms with van der Waals surface area (Å²) in [5, 5.41) is 139. The molecule has 20 atom stereocenters. The summed E-state index contributed by atoms with van der Waals surface area (Å²) in [6.07, 6.45) is -35.0. The number of hydrogen-bond acceptors (Lipinski definition) is 26. The summed E-state index contributed by atoms with van der Waals surface area (Å²) >= 11 is 0. The largest absolute Gasteiger partial charge is 0.508 e. The maximum atomic E-state index is 14.7. The molecule has 0 bridgehead atoms. The number of carbonyl (C=O) groups is 1. The number of aliphatic hydroxyl groups excluding tert-OH is 11. The van der Waals surface area contributed by atoms with Gasteiger partial charge in [0.1, 0.15) is 113 Å². The topological polar surface area (TPSA) is 403 Å². The van der Waals surface area contributed by atoms with Crippen molar-refractivity contribution < 1.29 is 123 Å². The Balaban J connectivity index is 1.11. The number of fused-ring (bicyclic) bond motifs is 1. The van der Waals surface area contributed by atoms with Gasteiger partial charge in [0, 0.05) is 17.7 Å². The lowest BCUT2D eigenvalue weighted by Gasteiger charge is -2.46. The molecule has 4 fully saturated rings. The Morgan fingerprint density at radius 2 is 1.25 bits per heavy atom. The van der Waals surface area contributed by atoms with E-state index in [0.29, 0.717) is 0 Å². The van der Waals surface area contributed by atoms with Gasteiger partial charge in [-0.25, -0.2) is 4.79 Å². The van der Waals surface area contributed by atoms with E-state index >= 15 is 0 Å². The van der Waals surface area contributed by atoms with Gasteiger partial charge in [0.25, 0.3) is 0 Å². The first-order chi connectivity index (χ1) is 34.7. The summed E-state index contributed by atoms with van der Waals surface area (Å²) in [6, 6.07) is 13.2. The molecule has 5 heterocycles. The van der Waals surface area contributed by atoms with Gasteiger partial charge in [-0.3, -0.25) is 4.79 Å². The van der Waals surface area contributed by atoms with Crippen LogP contribution in [0, 0.1) is 0 Å². The van der Waals surface area contributed by atoms with Crippen LogP contribution < -0.4 is 19.6 Å². The molecule has 4 aliphatic heterocycles. The minimum atomic E-state index is -2.14. The third kappa shape index (κ3) is 10.8. The summed E-state index contributed by atoms with van der Waals surface area (Å²) in [4.78, 5) is 27.8. The number of ether oxygens (including phenoxy) is 10. The standard InChI is InChI=1S/C47H56O26/c1-16-28(51)32(55)36(59)44(65-16)64-15-26-30(53)34(57)42(73-46-37(60)33(56)29(52)25(14-48)69-46)47(70-26)72-41-31(54)27-22(50)12-20(13-24(27)68-40(41)18-8-10-19(49)11-9-18)67-45-38(61)35(58)39(17(2)66-45)71-43(62)21-6-4-5-7-23(21)63-3/h4-13,16-17,25-26,28-30,32-39,42,44-53,55-61H,14-15H2,1-3H3/t16-,17-,25+,26+,28-,29+,30-,32+,33-,34-,35-,36+,37+,38+,39-,42+,44+,45-,46-,47-/m0/s1. The first-order valence-electron chi connectivity index (χ1n) is 22.8. The Labute approximate surface area is 412 Å². The fraction of sp³-hybridized carbons (Fsp3) is 0.532. The molecule has 0 amide bonds. The van der Waals surface area contributed by atoms with Gasteiger partial charge in [0.2, 0.25) is 23.8 Å². The van der Waals surface area contributed by atoms with Crippen molar-refractivity contribution in [2.24, 2.45) is 0 Å². The number of esters is 1. The highest BCUT2D eigenvalue weighted by Crippen LogP contribution is 2.40. The van der Waals surface area contributed by atoms with Crippen molar-refractivity contribution in [1.29, 1.82) is 0 Å². The van der Waals surface area contributed by atoms with E-state index in [4.69, 9.17) is 51.8 Å². The van der Waals surface area contributed by atoms with E-state index in [1.54, 1.807) is 12.1 Å². The molecule has 4 saturated heterocycles. The molecule has 400 valence electrons. The fourth-order valence-electron chi connectivity index (χ4n) is 8.71. The monoisotopic (exact) mass is 1040 g/mol. The van der Waals surface area contributed by atoms with Gasteiger partial charge in [0.15, 0.2) is 30.5 Å². The van der Waals surface area contributed by atoms with Crippen LogP contribution in [0.3, 0.4) is 0 Å². The molecule has 4 aromatic rings. The summed E-state index contributed by atoms with van der Waals surface area (Å²) in [5.41, 5.74) is -1.48. The molecule has 8 rings (SSSR count). The van der Waals surface area contributed by atoms with Crippen LogP contribution in [-0.2, 0) is 33.2 Å². The minimum absolute atomic E-state index is 0.0234. The normalized spacial score (nSPS) is 36.8. The molecule has 0 radical (unpaired) electrons. The predicted molar refractivity (Wildman–Crippen MR) is 239 cm³/mol. The van der Waals surface area contributed by atoms with E-state index < -0.39 is 176 Å². The van der Waals surface area contributed by atoms with Crippen LogP contribution in [0.25, 0.3) is 22.3 Å². The van der Waals surface area contributed by atoms with Crippen molar-refractivity contribution >= 4 is 16.9 Å². The molecule has 26 nitrogen and oxygen atoms in total. The second kappa shape index (κ2) is 22.2. The van der Waals surface area contributed by atoms with E-state index in [0.717, 1.165) is 12.1 Å². The molecule has 0 unspecified atom stereocenters. The number of rotatable bonds is 14. The number of phenolic OH excluding ortho intramolecular Hbond substituents is 2. The summed E-state index contributed by atoms with van der Waals surface area (Å²) < 4.78 is 63.3. The van der Waals surface area contributed by atoms with Crippen molar-refractivity contribution in [2.75, 3.05) is 20.3 Å². The first kappa shape index (κ1) is 53.9. The van der Waals surface area contributed by atoms with E-state index in [1.165, 1.54) is 57.4 Å². The van der Waals surface area contributed by atoms with Gasteiger partial charge >= 0.3 is 5.97 Å². The van der Waals surface area contributed by atoms with Gasteiger partial charge in [-0.05, 0) is 50.2 Å². The van der Waals surface area contributed by atoms with Crippen molar-refractivity contribution in [3.63, 3.8) is 0 Å². The van der Waals surface area contributed by atoms with Crippen LogP contribution in [0.15, 0.2) is 69.9 Å². The van der Waals surface area contributed by atoms with E-state index in [9.17, 15) is 76.0 Å². The number of carbonyl (C=O) groups excluding carboxylic acids is 1. The molecule has 26 heteroatoms. The number of aromatic hydroxyl groups is 2. The lowest BCUT2D eigenvalue weighted by atomic mass is 9.97. The van der Waals surface area contributed by atoms with Gasteiger partial charge in [-0.15, -0.1) is 0 Å². The highest BCUT2D eigenvalue weighted by atomic mass is 16.8. The zero-order valence-corrected chi connectivity index (χ0v) is 38.9. The Morgan fingerprint density at radius 3 is 1.95 bits per heavy atom. The van der Waals surface area contributed by atoms with Gasteiger partial charge < -0.3 is 118 Å². The molecule has 0 saturated carbocycles. The molecule has 1 aromatic heterocycles. The molecule has 13 N–H and O–H groups in total. The number of phenols is 2. The fourth-order valence-corrected chi connectivity index (χ4v) is 8.71. The molecule has 0 spiro atoms. The van der Waals surface area contributed by atoms with Crippen molar-refractivity contribution in [1.82, 2.24) is 0 Å². The minimum Gasteiger partial charge on any atom is -0.508 e. The van der Waals surface area contributed by atoms with Crippen molar-refractivity contribution in [2.45, 2.75) is 137 Å². The summed E-state index contributed by atoms with van der Waals surface area (Å²) in [6.45, 7) is 1.17. The van der Waals surface area contributed by atoms with Gasteiger partial charge in [-0.2, -0.15) is 0 Å². The second-order valence-corrected chi connectivity index (χ2v) is 17.8. The molecular weight excluding hydrogens is 980 g/mol. The van der Waals surface area contributed by atoms with Crippen LogP contribution in [-0.4, -0.2) is 216 Å². The van der Waals surface area contributed by atoms with E-state index in [1.807, 2.05) is 0 Å². The van der Waals surface area contributed by atoms with E-state index in [2.05, 4.69) is 0 Å². The average Bonchev–Trinajstić information content (AvgIpc) is 3.37. The molecule has 3 aromatic carbocycles. The quantitative estimate of drug-likeness (QED) is 0.0553. The molecule has 4 aliphatic rings. The third-order valence-corrected chi connectivity index (χ3v) is 12.9. The van der Waals surface area contributed by atoms with Crippen LogP contribution in [0.5, 0.6) is 28.7 Å². The Hall–Kier alpha value is -5.34. The van der Waals surface area contributed by atoms with Crippen molar-refractivity contribution in [3.8, 4) is 40.1 Å². The number of aliphatic hydroxyl groups is 11. The summed E-state index contributed by atoms with van der Waals surface area (Å²) in [7, 11) is 1.35. The zero-order chi connectivity index (χ0) is 52.7. The lowest BCUT2D eigenvalue weighted by Crippen LogP contribution is -2.65. The number of para-hydroxylation sites is 1. The molecule has 73 heavy (non-hydrogen) atoms. The summed E-state index contributed by atoms with van der Waals surface area (Å²) in [5.74, 6) is -3.27. The second-order valence-electron chi connectivity index (χ2n) is 17.8. The first-order valence-corrected chi connectivity index (χ1v) is 22.8. The smallest absolute Gasteiger partial charge is 0.342 e. The SMILES string of the molecule is COc1ccccc1C(=O)O[C@@H]1[C@@H](O)[C@@H](O)[C@H](Oc2cc(O)c3c(=O)c(O[C@@H]4O[C@H](CO[C@@H]5O[C@@H](C)[C@H](O)[C@@H](O)[C@H]5O)[C@H](O)[C@H](O)[C@H]4O[C@@H]4O[C@H](CO)[C@@H](O)[C@H](O)[C@H]4O)c(-c4ccc(O)cc4)oc3c2)O[C@H]1C. The van der Waals surface area contributed by atoms with E-state index in [-0.39, 0.29) is 28.4 Å².